The fraction of sp³-hybridized carbons (Fsp3) is 0.0952. The number of nitrogens with zero attached hydrogens (tertiary/aromatic N) is 7. The molecule has 4 aromatic heterocycles. The molecule has 18 heteroatoms. The number of benzene rings is 1. The van der Waals surface area contributed by atoms with Gasteiger partial charge in [-0.2, -0.15) is 31.9 Å². The zero-order valence-corrected chi connectivity index (χ0v) is 21.4. The second-order valence-corrected chi connectivity index (χ2v) is 11.2. The van der Waals surface area contributed by atoms with Crippen LogP contribution in [-0.4, -0.2) is 66.3 Å². The molecule has 16 nitrogen and oxygen atoms in total. The molecular weight excluding hydrogens is 552 g/mol. The summed E-state index contributed by atoms with van der Waals surface area (Å²) in [6.45, 7) is -0.360. The number of tetrazole rings is 1. The lowest BCUT2D eigenvalue weighted by atomic mass is 10.1. The molecule has 0 saturated heterocycles. The summed E-state index contributed by atoms with van der Waals surface area (Å²) in [6, 6.07) is 11.9. The maximum Gasteiger partial charge on any atom is 0.353 e. The van der Waals surface area contributed by atoms with Crippen LogP contribution in [-0.2, 0) is 33.5 Å². The standard InChI is InChI=1S/C21H20N10O6S2/c22-38(34,35)30-9-7-17(19(30)20-25-27-28-26-20)16-11-23-29(12-16)13-24-39(36,37)31-8-6-15(18(31)21(32)33)10-14-4-2-1-3-5-14/h1-9,11-12,24H,10,13H2,(H,32,33)(H2,22,34,35)(H,25,26,27,28). The highest BCUT2D eigenvalue weighted by Gasteiger charge is 2.25. The predicted octanol–water partition coefficient (Wildman–Crippen LogP) is 0.0140. The Balaban J connectivity index is 1.39. The Morgan fingerprint density at radius 2 is 1.79 bits per heavy atom. The Morgan fingerprint density at radius 1 is 1.05 bits per heavy atom. The highest BCUT2D eigenvalue weighted by atomic mass is 32.2. The Morgan fingerprint density at radius 3 is 2.46 bits per heavy atom. The molecule has 0 bridgehead atoms. The molecule has 0 fully saturated rings. The quantitative estimate of drug-likeness (QED) is 0.175. The van der Waals surface area contributed by atoms with Gasteiger partial charge in [0.05, 0.1) is 6.20 Å². The monoisotopic (exact) mass is 572 g/mol. The Hall–Kier alpha value is -4.65. The number of aromatic nitrogens is 8. The van der Waals surface area contributed by atoms with Crippen LogP contribution in [0.2, 0.25) is 0 Å². The van der Waals surface area contributed by atoms with Gasteiger partial charge in [0.1, 0.15) is 18.1 Å². The molecule has 0 amide bonds. The maximum atomic E-state index is 13.0. The fourth-order valence-corrected chi connectivity index (χ4v) is 5.75. The zero-order valence-electron chi connectivity index (χ0n) is 19.8. The van der Waals surface area contributed by atoms with E-state index in [1.165, 1.54) is 41.6 Å². The summed E-state index contributed by atoms with van der Waals surface area (Å²) in [4.78, 5) is 12.0. The van der Waals surface area contributed by atoms with Gasteiger partial charge in [0, 0.05) is 29.7 Å². The van der Waals surface area contributed by atoms with Crippen LogP contribution in [0.15, 0.2) is 67.3 Å². The van der Waals surface area contributed by atoms with Gasteiger partial charge < -0.3 is 5.11 Å². The van der Waals surface area contributed by atoms with E-state index in [0.717, 1.165) is 9.54 Å². The number of nitrogens with two attached hydrogens (primary N) is 1. The van der Waals surface area contributed by atoms with Gasteiger partial charge in [-0.05, 0) is 34.9 Å². The lowest BCUT2D eigenvalue weighted by Crippen LogP contribution is -2.33. The normalized spacial score (nSPS) is 12.1. The van der Waals surface area contributed by atoms with E-state index in [0.29, 0.717) is 20.7 Å². The molecule has 202 valence electrons. The van der Waals surface area contributed by atoms with Gasteiger partial charge in [-0.3, -0.25) is 4.68 Å². The second-order valence-electron chi connectivity index (χ2n) is 8.18. The van der Waals surface area contributed by atoms with Gasteiger partial charge in [-0.25, -0.2) is 17.9 Å². The minimum Gasteiger partial charge on any atom is -0.477 e. The molecule has 1 aromatic carbocycles. The van der Waals surface area contributed by atoms with Crippen LogP contribution in [0.1, 0.15) is 21.6 Å². The summed E-state index contributed by atoms with van der Waals surface area (Å²) < 4.78 is 55.1. The van der Waals surface area contributed by atoms with E-state index in [2.05, 4.69) is 30.4 Å². The number of H-pyrrole nitrogens is 1. The van der Waals surface area contributed by atoms with Crippen molar-refractivity contribution in [3.63, 3.8) is 0 Å². The molecule has 0 aliphatic heterocycles. The number of rotatable bonds is 10. The van der Waals surface area contributed by atoms with E-state index >= 15 is 0 Å². The molecule has 0 spiro atoms. The van der Waals surface area contributed by atoms with Crippen molar-refractivity contribution in [3.8, 4) is 22.6 Å². The highest BCUT2D eigenvalue weighted by molar-refractivity contribution is 7.88. The van der Waals surface area contributed by atoms with Gasteiger partial charge in [0.15, 0.2) is 0 Å². The number of aromatic amines is 1. The Bertz CT molecular complexity index is 1860. The number of carboxylic acid groups (broad SMARTS) is 1. The predicted molar refractivity (Wildman–Crippen MR) is 135 cm³/mol. The topological polar surface area (TPSA) is 226 Å². The zero-order chi connectivity index (χ0) is 27.8. The number of hydrogen-bond donors (Lipinski definition) is 4. The molecule has 5 N–H and O–H groups in total. The van der Waals surface area contributed by atoms with Crippen molar-refractivity contribution in [2.24, 2.45) is 5.14 Å². The van der Waals surface area contributed by atoms with E-state index < -0.39 is 26.4 Å². The summed E-state index contributed by atoms with van der Waals surface area (Å²) >= 11 is 0. The Kier molecular flexibility index (Phi) is 6.60. The largest absolute Gasteiger partial charge is 0.477 e. The fourth-order valence-electron chi connectivity index (χ4n) is 3.99. The molecule has 0 radical (unpaired) electrons. The first-order valence-electron chi connectivity index (χ1n) is 11.0. The first kappa shape index (κ1) is 26.0. The van der Waals surface area contributed by atoms with E-state index in [4.69, 9.17) is 5.14 Å². The molecule has 5 rings (SSSR count). The minimum atomic E-state index is -4.33. The average molecular weight is 573 g/mol. The molecule has 4 heterocycles. The molecular formula is C21H20N10O6S2. The molecule has 0 atom stereocenters. The van der Waals surface area contributed by atoms with Crippen molar-refractivity contribution in [1.29, 1.82) is 0 Å². The van der Waals surface area contributed by atoms with Gasteiger partial charge >= 0.3 is 26.4 Å². The molecule has 39 heavy (non-hydrogen) atoms. The lowest BCUT2D eigenvalue weighted by Gasteiger charge is -2.11. The van der Waals surface area contributed by atoms with Crippen molar-refractivity contribution in [3.05, 3.63) is 84.1 Å². The van der Waals surface area contributed by atoms with E-state index in [-0.39, 0.29) is 30.3 Å². The van der Waals surface area contributed by atoms with Gasteiger partial charge in [0.2, 0.25) is 5.82 Å². The van der Waals surface area contributed by atoms with Crippen molar-refractivity contribution < 1.29 is 26.7 Å². The van der Waals surface area contributed by atoms with Gasteiger partial charge in [-0.1, -0.05) is 30.3 Å². The van der Waals surface area contributed by atoms with Crippen LogP contribution in [0.5, 0.6) is 0 Å². The number of aromatic carboxylic acids is 1. The van der Waals surface area contributed by atoms with E-state index in [1.54, 1.807) is 12.1 Å². The van der Waals surface area contributed by atoms with Crippen molar-refractivity contribution in [2.45, 2.75) is 13.1 Å². The van der Waals surface area contributed by atoms with Crippen LogP contribution < -0.4 is 9.86 Å². The summed E-state index contributed by atoms with van der Waals surface area (Å²) in [5.74, 6) is -1.44. The van der Waals surface area contributed by atoms with Gasteiger partial charge in [-0.15, -0.1) is 10.2 Å². The third kappa shape index (κ3) is 5.21. The summed E-state index contributed by atoms with van der Waals surface area (Å²) in [6.07, 6.45) is 5.43. The third-order valence-electron chi connectivity index (χ3n) is 5.67. The summed E-state index contributed by atoms with van der Waals surface area (Å²) in [5, 5.41) is 32.5. The van der Waals surface area contributed by atoms with E-state index in [1.807, 2.05) is 18.2 Å². The molecule has 0 aliphatic rings. The van der Waals surface area contributed by atoms with Crippen LogP contribution in [0.4, 0.5) is 0 Å². The SMILES string of the molecule is NS(=O)(=O)n1ccc(-c2cnn(CNS(=O)(=O)n3ccc(Cc4ccccc4)c3C(=O)O)c2)c1-c1nn[nH]n1. The first-order chi connectivity index (χ1) is 18.5. The summed E-state index contributed by atoms with van der Waals surface area (Å²) in [7, 11) is -8.53. The van der Waals surface area contributed by atoms with Crippen LogP contribution in [0.25, 0.3) is 22.6 Å². The molecule has 0 saturated carbocycles. The lowest BCUT2D eigenvalue weighted by molar-refractivity contribution is 0.0688. The number of hydrogen-bond acceptors (Lipinski definition) is 9. The number of carbonyl (C=O) groups is 1. The van der Waals surface area contributed by atoms with Crippen LogP contribution in [0.3, 0.4) is 0 Å². The second kappa shape index (κ2) is 9.91. The smallest absolute Gasteiger partial charge is 0.353 e. The first-order valence-corrected chi connectivity index (χ1v) is 14.0. The van der Waals surface area contributed by atoms with Crippen molar-refractivity contribution in [1.82, 2.24) is 43.1 Å². The maximum absolute atomic E-state index is 13.0. The van der Waals surface area contributed by atoms with Crippen LogP contribution in [0, 0.1) is 0 Å². The summed E-state index contributed by atoms with van der Waals surface area (Å²) in [5.41, 5.74) is 1.52. The van der Waals surface area contributed by atoms with E-state index in [9.17, 15) is 26.7 Å². The Labute approximate surface area is 221 Å². The number of carboxylic acids is 1. The van der Waals surface area contributed by atoms with Crippen LogP contribution >= 0.6 is 0 Å². The molecule has 5 aromatic rings. The van der Waals surface area contributed by atoms with Gasteiger partial charge in [0.25, 0.3) is 0 Å². The van der Waals surface area contributed by atoms with Crippen molar-refractivity contribution in [2.75, 3.05) is 0 Å². The molecule has 0 aliphatic carbocycles. The highest BCUT2D eigenvalue weighted by Crippen LogP contribution is 2.31. The minimum absolute atomic E-state index is 0.0239. The van der Waals surface area contributed by atoms with Crippen molar-refractivity contribution >= 4 is 26.4 Å². The average Bonchev–Trinajstić information content (AvgIpc) is 3.68. The third-order valence-corrected chi connectivity index (χ3v) is 7.84. The number of nitrogens with one attached hydrogen (secondary N) is 2. The molecule has 0 unspecified atom stereocenters.